The third-order valence-electron chi connectivity index (χ3n) is 4.17. The Hall–Kier alpha value is -3.16. The first kappa shape index (κ1) is 17.7. The highest BCUT2D eigenvalue weighted by molar-refractivity contribution is 6.01. The van der Waals surface area contributed by atoms with E-state index in [9.17, 15) is 9.59 Å². The topological polar surface area (TPSA) is 110 Å². The third-order valence-corrected chi connectivity index (χ3v) is 4.17. The van der Waals surface area contributed by atoms with Gasteiger partial charge in [-0.15, -0.1) is 0 Å². The summed E-state index contributed by atoms with van der Waals surface area (Å²) < 4.78 is 5.29. The van der Waals surface area contributed by atoms with Crippen LogP contribution in [-0.2, 0) is 17.6 Å². The molecule has 0 saturated heterocycles. The first-order valence-corrected chi connectivity index (χ1v) is 8.05. The summed E-state index contributed by atoms with van der Waals surface area (Å²) in [6.07, 6.45) is 7.21. The number of aliphatic imine (C=N–C) groups is 1. The minimum atomic E-state index is -0.104. The summed E-state index contributed by atoms with van der Waals surface area (Å²) in [5.41, 5.74) is 2.64. The molecule has 0 fully saturated rings. The van der Waals surface area contributed by atoms with E-state index in [4.69, 9.17) is 4.52 Å². The molecule has 2 aromatic heterocycles. The van der Waals surface area contributed by atoms with Crippen molar-refractivity contribution in [3.63, 3.8) is 0 Å². The Labute approximate surface area is 150 Å². The average molecular weight is 353 g/mol. The molecule has 0 radical (unpaired) electrons. The molecule has 1 N–H and O–H groups in total. The number of Topliss-reactive ketones (excluding diaryl/α,β-unsaturated/α-hetero) is 1. The molecule has 26 heavy (non-hydrogen) atoms. The highest BCUT2D eigenvalue weighted by atomic mass is 16.5. The number of hydrogen-bond acceptors (Lipinski definition) is 7. The quantitative estimate of drug-likeness (QED) is 0.827. The van der Waals surface area contributed by atoms with Gasteiger partial charge in [0.05, 0.1) is 5.71 Å². The monoisotopic (exact) mass is 353 g/mol. The van der Waals surface area contributed by atoms with Gasteiger partial charge in [-0.2, -0.15) is 0 Å². The summed E-state index contributed by atoms with van der Waals surface area (Å²) in [6.45, 7) is 0. The average Bonchev–Trinajstić information content (AvgIpc) is 3.30. The van der Waals surface area contributed by atoms with Crippen molar-refractivity contribution in [1.82, 2.24) is 15.1 Å². The highest BCUT2D eigenvalue weighted by Gasteiger charge is 2.23. The maximum Gasteiger partial charge on any atom is 0.225 e. The van der Waals surface area contributed by atoms with Crippen molar-refractivity contribution in [3.05, 3.63) is 47.4 Å². The number of hydrogen-bond donors (Lipinski definition) is 1. The van der Waals surface area contributed by atoms with Crippen molar-refractivity contribution in [2.75, 3.05) is 5.32 Å². The van der Waals surface area contributed by atoms with Crippen LogP contribution in [0.2, 0.25) is 0 Å². The maximum atomic E-state index is 12.5. The Balaban J connectivity index is 0.00000196. The van der Waals surface area contributed by atoms with Crippen molar-refractivity contribution in [2.45, 2.75) is 39.5 Å². The van der Waals surface area contributed by atoms with Crippen molar-refractivity contribution >= 4 is 23.2 Å². The standard InChI is InChI=1S/C17H15N5O3.CH4/c23-14(16-11-4-6-15(24)21-17(11)20-9-19-16)5-3-10-8-13(22-25-10)12-2-1-7-18-12;/h1,7-9H,2-6H2,(H,19,20,21,24);1H4. The van der Waals surface area contributed by atoms with Crippen LogP contribution in [0.1, 0.15) is 54.2 Å². The molecule has 0 aromatic carbocycles. The highest BCUT2D eigenvalue weighted by Crippen LogP contribution is 2.23. The summed E-state index contributed by atoms with van der Waals surface area (Å²) in [7, 11) is 0. The predicted octanol–water partition coefficient (Wildman–Crippen LogP) is 2.51. The fourth-order valence-electron chi connectivity index (χ4n) is 2.88. The molecule has 0 aliphatic carbocycles. The molecular formula is C18H19N5O3. The summed E-state index contributed by atoms with van der Waals surface area (Å²) in [5, 5.41) is 6.67. The fourth-order valence-corrected chi connectivity index (χ4v) is 2.88. The van der Waals surface area contributed by atoms with Gasteiger partial charge in [0.25, 0.3) is 0 Å². The molecule has 4 rings (SSSR count). The number of nitrogens with one attached hydrogen (secondary N) is 1. The summed E-state index contributed by atoms with van der Waals surface area (Å²) in [4.78, 5) is 36.3. The Kier molecular flexibility index (Phi) is 5.01. The Morgan fingerprint density at radius 1 is 1.27 bits per heavy atom. The molecule has 2 aromatic rings. The van der Waals surface area contributed by atoms with Crippen molar-refractivity contribution in [2.24, 2.45) is 4.99 Å². The summed E-state index contributed by atoms with van der Waals surface area (Å²) in [5.74, 6) is 0.869. The van der Waals surface area contributed by atoms with Crippen LogP contribution in [0, 0.1) is 0 Å². The van der Waals surface area contributed by atoms with Gasteiger partial charge in [-0.25, -0.2) is 9.97 Å². The third kappa shape index (κ3) is 3.44. The van der Waals surface area contributed by atoms with Crippen LogP contribution < -0.4 is 5.32 Å². The molecule has 2 aliphatic heterocycles. The first-order chi connectivity index (χ1) is 12.2. The van der Waals surface area contributed by atoms with Gasteiger partial charge < -0.3 is 9.84 Å². The number of aryl methyl sites for hydroxylation is 1. The van der Waals surface area contributed by atoms with E-state index in [0.717, 1.165) is 12.1 Å². The number of aromatic nitrogens is 3. The Bertz CT molecular complexity index is 913. The number of allylic oxidation sites excluding steroid dienone is 1. The first-order valence-electron chi connectivity index (χ1n) is 8.05. The molecule has 8 heteroatoms. The lowest BCUT2D eigenvalue weighted by molar-refractivity contribution is -0.116. The van der Waals surface area contributed by atoms with Crippen LogP contribution in [0.3, 0.4) is 0 Å². The van der Waals surface area contributed by atoms with Gasteiger partial charge in [0.2, 0.25) is 5.91 Å². The lowest BCUT2D eigenvalue weighted by Gasteiger charge is -2.17. The lowest BCUT2D eigenvalue weighted by Crippen LogP contribution is -2.23. The summed E-state index contributed by atoms with van der Waals surface area (Å²) in [6, 6.07) is 1.81. The zero-order valence-electron chi connectivity index (χ0n) is 13.4. The minimum Gasteiger partial charge on any atom is -0.361 e. The van der Waals surface area contributed by atoms with Crippen molar-refractivity contribution in [3.8, 4) is 0 Å². The SMILES string of the molecule is C.O=C1CCc2c(ncnc2C(=O)CCc2cc(C3=NC=CC3)no2)N1. The molecule has 1 amide bonds. The van der Waals surface area contributed by atoms with Gasteiger partial charge in [0, 0.05) is 43.5 Å². The van der Waals surface area contributed by atoms with Crippen LogP contribution in [-0.4, -0.2) is 32.5 Å². The zero-order chi connectivity index (χ0) is 17.2. The van der Waals surface area contributed by atoms with E-state index in [1.165, 1.54) is 6.33 Å². The van der Waals surface area contributed by atoms with Gasteiger partial charge in [0.1, 0.15) is 29.3 Å². The molecule has 0 unspecified atom stereocenters. The lowest BCUT2D eigenvalue weighted by atomic mass is 10.00. The van der Waals surface area contributed by atoms with Crippen LogP contribution in [0.4, 0.5) is 5.82 Å². The number of rotatable bonds is 5. The molecule has 0 spiro atoms. The van der Waals surface area contributed by atoms with Crippen LogP contribution in [0.5, 0.6) is 0 Å². The second-order valence-corrected chi connectivity index (χ2v) is 5.86. The Morgan fingerprint density at radius 2 is 2.15 bits per heavy atom. The smallest absolute Gasteiger partial charge is 0.225 e. The van der Waals surface area contributed by atoms with Crippen molar-refractivity contribution in [1.29, 1.82) is 0 Å². The molecule has 0 bridgehead atoms. The number of anilines is 1. The summed E-state index contributed by atoms with van der Waals surface area (Å²) >= 11 is 0. The van der Waals surface area contributed by atoms with E-state index in [1.807, 2.05) is 12.1 Å². The van der Waals surface area contributed by atoms with E-state index in [2.05, 4.69) is 25.4 Å². The fraction of sp³-hybridized carbons (Fsp3) is 0.333. The minimum absolute atomic E-state index is 0. The Morgan fingerprint density at radius 3 is 2.96 bits per heavy atom. The zero-order valence-corrected chi connectivity index (χ0v) is 13.4. The molecule has 4 heterocycles. The molecule has 134 valence electrons. The second-order valence-electron chi connectivity index (χ2n) is 5.86. The number of ketones is 1. The normalized spacial score (nSPS) is 15.1. The van der Waals surface area contributed by atoms with Crippen LogP contribution in [0.15, 0.2) is 34.2 Å². The van der Waals surface area contributed by atoms with E-state index in [0.29, 0.717) is 47.8 Å². The largest absolute Gasteiger partial charge is 0.361 e. The van der Waals surface area contributed by atoms with Gasteiger partial charge in [-0.1, -0.05) is 18.7 Å². The van der Waals surface area contributed by atoms with E-state index in [1.54, 1.807) is 6.20 Å². The van der Waals surface area contributed by atoms with Crippen molar-refractivity contribution < 1.29 is 14.1 Å². The number of fused-ring (bicyclic) bond motifs is 1. The maximum absolute atomic E-state index is 12.5. The number of nitrogens with zero attached hydrogens (tertiary/aromatic N) is 4. The van der Waals surface area contributed by atoms with Gasteiger partial charge in [0.15, 0.2) is 5.78 Å². The van der Waals surface area contributed by atoms with E-state index >= 15 is 0 Å². The van der Waals surface area contributed by atoms with E-state index < -0.39 is 0 Å². The molecule has 0 saturated carbocycles. The molecule has 8 nitrogen and oxygen atoms in total. The number of carbonyl (C=O) groups excluding carboxylic acids is 2. The van der Waals surface area contributed by atoms with Crippen LogP contribution >= 0.6 is 0 Å². The number of amides is 1. The van der Waals surface area contributed by atoms with E-state index in [-0.39, 0.29) is 25.5 Å². The van der Waals surface area contributed by atoms with Gasteiger partial charge in [-0.3, -0.25) is 14.6 Å². The predicted molar refractivity (Wildman–Crippen MR) is 95.2 cm³/mol. The molecule has 2 aliphatic rings. The van der Waals surface area contributed by atoms with Gasteiger partial charge >= 0.3 is 0 Å². The molecular weight excluding hydrogens is 334 g/mol. The van der Waals surface area contributed by atoms with Gasteiger partial charge in [-0.05, 0) is 6.42 Å². The second kappa shape index (κ2) is 7.38. The van der Waals surface area contributed by atoms with Crippen LogP contribution in [0.25, 0.3) is 0 Å². The molecule has 0 atom stereocenters. The number of carbonyl (C=O) groups is 2.